The molecule has 3 aromatic carbocycles. The van der Waals surface area contributed by atoms with Crippen molar-refractivity contribution in [1.82, 2.24) is 10.3 Å². The summed E-state index contributed by atoms with van der Waals surface area (Å²) in [6, 6.07) is 25.3. The first kappa shape index (κ1) is 22.2. The van der Waals surface area contributed by atoms with Gasteiger partial charge in [-0.05, 0) is 41.0 Å². The van der Waals surface area contributed by atoms with E-state index in [1.807, 2.05) is 48.5 Å². The van der Waals surface area contributed by atoms with Gasteiger partial charge in [0.1, 0.15) is 5.82 Å². The van der Waals surface area contributed by atoms with Crippen LogP contribution in [0, 0.1) is 5.82 Å². The van der Waals surface area contributed by atoms with Gasteiger partial charge in [0.15, 0.2) is 5.82 Å². The Morgan fingerprint density at radius 3 is 2.42 bits per heavy atom. The summed E-state index contributed by atoms with van der Waals surface area (Å²) >= 11 is 0. The molecule has 0 spiro atoms. The lowest BCUT2D eigenvalue weighted by Crippen LogP contribution is -2.43. The maximum Gasteiger partial charge on any atom is 0.260 e. The first-order chi connectivity index (χ1) is 17.7. The van der Waals surface area contributed by atoms with Crippen LogP contribution in [0.3, 0.4) is 0 Å². The zero-order chi connectivity index (χ0) is 24.5. The summed E-state index contributed by atoms with van der Waals surface area (Å²) < 4.78 is 14.2. The number of hydrogen-bond donors (Lipinski definition) is 2. The molecule has 1 fully saturated rings. The molecule has 1 saturated heterocycles. The second-order valence-corrected chi connectivity index (χ2v) is 9.07. The minimum Gasteiger partial charge on any atom is -0.369 e. The van der Waals surface area contributed by atoms with Gasteiger partial charge in [-0.15, -0.1) is 0 Å². The topological polar surface area (TPSA) is 60.5 Å². The molecule has 0 bridgehead atoms. The van der Waals surface area contributed by atoms with Crippen molar-refractivity contribution in [1.29, 1.82) is 0 Å². The highest BCUT2D eigenvalue weighted by Crippen LogP contribution is 2.37. The van der Waals surface area contributed by atoms with Crippen molar-refractivity contribution in [3.8, 4) is 11.1 Å². The maximum absolute atomic E-state index is 14.2. The Balaban J connectivity index is 1.36. The second kappa shape index (κ2) is 9.43. The summed E-state index contributed by atoms with van der Waals surface area (Å²) in [5.74, 6) is -0.239. The summed E-state index contributed by atoms with van der Waals surface area (Å²) in [5.41, 5.74) is 5.71. The van der Waals surface area contributed by atoms with E-state index in [0.29, 0.717) is 29.3 Å². The molecule has 3 heterocycles. The summed E-state index contributed by atoms with van der Waals surface area (Å²) in [6.45, 7) is 4.27. The number of nitrogens with zero attached hydrogens (tertiary/aromatic N) is 3. The SMILES string of the molecule is O=C1c2cc(-c3ccc(N4CCNCC4)cc3)ccc2Nc2ncc(F)cc2N1Cc1ccccc1. The van der Waals surface area contributed by atoms with Crippen LogP contribution in [0.2, 0.25) is 0 Å². The van der Waals surface area contributed by atoms with Crippen LogP contribution in [-0.2, 0) is 6.54 Å². The molecular weight excluding hydrogens is 453 g/mol. The molecule has 2 aliphatic rings. The number of fused-ring (bicyclic) bond motifs is 2. The van der Waals surface area contributed by atoms with Gasteiger partial charge in [0.2, 0.25) is 0 Å². The van der Waals surface area contributed by atoms with Crippen molar-refractivity contribution in [2.45, 2.75) is 6.54 Å². The lowest BCUT2D eigenvalue weighted by Gasteiger charge is -2.29. The summed E-state index contributed by atoms with van der Waals surface area (Å²) in [6.07, 6.45) is 1.16. The van der Waals surface area contributed by atoms with Crippen LogP contribution in [0.4, 0.5) is 27.3 Å². The lowest BCUT2D eigenvalue weighted by molar-refractivity contribution is 0.0986. The molecule has 0 atom stereocenters. The Bertz CT molecular complexity index is 1400. The van der Waals surface area contributed by atoms with Crippen LogP contribution in [0.1, 0.15) is 15.9 Å². The molecule has 1 aromatic heterocycles. The number of amides is 1. The van der Waals surface area contributed by atoms with E-state index in [2.05, 4.69) is 44.8 Å². The number of carbonyl (C=O) groups is 1. The van der Waals surface area contributed by atoms with Crippen LogP contribution >= 0.6 is 0 Å². The molecule has 0 radical (unpaired) electrons. The minimum atomic E-state index is -0.488. The summed E-state index contributed by atoms with van der Waals surface area (Å²) in [5, 5.41) is 6.63. The molecule has 2 aliphatic heterocycles. The first-order valence-corrected chi connectivity index (χ1v) is 12.1. The van der Waals surface area contributed by atoms with Crippen molar-refractivity contribution in [2.24, 2.45) is 0 Å². The third-order valence-corrected chi connectivity index (χ3v) is 6.74. The van der Waals surface area contributed by atoms with Crippen LogP contribution < -0.4 is 20.4 Å². The second-order valence-electron chi connectivity index (χ2n) is 9.07. The molecule has 7 heteroatoms. The van der Waals surface area contributed by atoms with E-state index in [-0.39, 0.29) is 5.91 Å². The zero-order valence-electron chi connectivity index (χ0n) is 19.7. The van der Waals surface area contributed by atoms with Gasteiger partial charge in [0.05, 0.1) is 29.7 Å². The van der Waals surface area contributed by atoms with Gasteiger partial charge in [-0.2, -0.15) is 0 Å². The van der Waals surface area contributed by atoms with E-state index in [1.165, 1.54) is 11.8 Å². The Kier molecular flexibility index (Phi) is 5.83. The molecule has 6 nitrogen and oxygen atoms in total. The third-order valence-electron chi connectivity index (χ3n) is 6.74. The number of aromatic nitrogens is 1. The third kappa shape index (κ3) is 4.29. The van der Waals surface area contributed by atoms with Crippen molar-refractivity contribution >= 4 is 28.8 Å². The summed E-state index contributed by atoms with van der Waals surface area (Å²) in [7, 11) is 0. The standard InChI is InChI=1S/C29H26FN5O/c30-23-17-27-28(32-18-23)33-26-11-8-22(21-6-9-24(10-7-21)34-14-12-31-13-15-34)16-25(26)29(36)35(27)19-20-4-2-1-3-5-20/h1-11,16-18,31H,12-15,19H2,(H,32,33). The number of benzene rings is 3. The predicted octanol–water partition coefficient (Wildman–Crippen LogP) is 5.20. The van der Waals surface area contributed by atoms with Gasteiger partial charge in [-0.25, -0.2) is 9.37 Å². The Hall–Kier alpha value is -4.23. The van der Waals surface area contributed by atoms with E-state index in [4.69, 9.17) is 0 Å². The zero-order valence-corrected chi connectivity index (χ0v) is 19.7. The number of piperazine rings is 1. The van der Waals surface area contributed by atoms with Gasteiger partial charge < -0.3 is 20.4 Å². The average Bonchev–Trinajstić information content (AvgIpc) is 3.04. The van der Waals surface area contributed by atoms with Gasteiger partial charge >= 0.3 is 0 Å². The van der Waals surface area contributed by atoms with Crippen LogP contribution in [0.15, 0.2) is 85.1 Å². The van der Waals surface area contributed by atoms with E-state index in [9.17, 15) is 9.18 Å². The fraction of sp³-hybridized carbons (Fsp3) is 0.172. The van der Waals surface area contributed by atoms with E-state index in [1.54, 1.807) is 4.90 Å². The van der Waals surface area contributed by atoms with Crippen molar-refractivity contribution in [2.75, 3.05) is 41.3 Å². The van der Waals surface area contributed by atoms with Crippen LogP contribution in [0.25, 0.3) is 11.1 Å². The van der Waals surface area contributed by atoms with E-state index in [0.717, 1.165) is 49.1 Å². The highest BCUT2D eigenvalue weighted by molar-refractivity contribution is 6.13. The van der Waals surface area contributed by atoms with Crippen LogP contribution in [-0.4, -0.2) is 37.1 Å². The van der Waals surface area contributed by atoms with Crippen molar-refractivity contribution < 1.29 is 9.18 Å². The fourth-order valence-corrected chi connectivity index (χ4v) is 4.83. The average molecular weight is 480 g/mol. The number of pyridine rings is 1. The molecule has 2 N–H and O–H groups in total. The lowest BCUT2D eigenvalue weighted by atomic mass is 10.0. The van der Waals surface area contributed by atoms with Gasteiger partial charge in [0, 0.05) is 37.9 Å². The molecule has 4 aromatic rings. The fourth-order valence-electron chi connectivity index (χ4n) is 4.83. The number of anilines is 4. The Morgan fingerprint density at radius 2 is 1.64 bits per heavy atom. The Labute approximate surface area is 209 Å². The largest absolute Gasteiger partial charge is 0.369 e. The maximum atomic E-state index is 14.2. The van der Waals surface area contributed by atoms with Gasteiger partial charge in [0.25, 0.3) is 5.91 Å². The predicted molar refractivity (Wildman–Crippen MR) is 141 cm³/mol. The van der Waals surface area contributed by atoms with Crippen molar-refractivity contribution in [3.05, 3.63) is 102 Å². The van der Waals surface area contributed by atoms with Gasteiger partial charge in [-0.3, -0.25) is 4.79 Å². The first-order valence-electron chi connectivity index (χ1n) is 12.1. The monoisotopic (exact) mass is 479 g/mol. The van der Waals surface area contributed by atoms with Gasteiger partial charge in [-0.1, -0.05) is 48.5 Å². The molecule has 0 saturated carbocycles. The quantitative estimate of drug-likeness (QED) is 0.421. The van der Waals surface area contributed by atoms with E-state index < -0.39 is 5.82 Å². The minimum absolute atomic E-state index is 0.202. The molecule has 180 valence electrons. The van der Waals surface area contributed by atoms with Crippen molar-refractivity contribution in [3.63, 3.8) is 0 Å². The smallest absolute Gasteiger partial charge is 0.260 e. The molecule has 0 aliphatic carbocycles. The number of nitrogens with one attached hydrogen (secondary N) is 2. The normalized spacial score (nSPS) is 15.1. The molecule has 1 amide bonds. The molecule has 6 rings (SSSR count). The number of rotatable bonds is 4. The number of carbonyl (C=O) groups excluding carboxylic acids is 1. The van der Waals surface area contributed by atoms with Crippen LogP contribution in [0.5, 0.6) is 0 Å². The highest BCUT2D eigenvalue weighted by Gasteiger charge is 2.28. The number of hydrogen-bond acceptors (Lipinski definition) is 5. The molecule has 0 unspecified atom stereocenters. The van der Waals surface area contributed by atoms with E-state index >= 15 is 0 Å². The Morgan fingerprint density at radius 1 is 0.889 bits per heavy atom. The molecular formula is C29H26FN5O. The highest BCUT2D eigenvalue weighted by atomic mass is 19.1. The molecule has 36 heavy (non-hydrogen) atoms. The number of halogens is 1. The summed E-state index contributed by atoms with van der Waals surface area (Å²) in [4.78, 5) is 22.1.